The van der Waals surface area contributed by atoms with Gasteiger partial charge in [-0.2, -0.15) is 0 Å². The molecule has 0 unspecified atom stereocenters. The first-order valence-electron chi connectivity index (χ1n) is 6.77. The Morgan fingerprint density at radius 3 is 2.55 bits per heavy atom. The molecule has 2 rings (SSSR count). The van der Waals surface area contributed by atoms with Gasteiger partial charge in [0.1, 0.15) is 0 Å². The second kappa shape index (κ2) is 7.36. The Labute approximate surface area is 120 Å². The number of nitrogens with one attached hydrogen (secondary N) is 2. The zero-order chi connectivity index (χ0) is 14.2. The van der Waals surface area contributed by atoms with Gasteiger partial charge in [0.05, 0.1) is 0 Å². The first kappa shape index (κ1) is 14.2. The number of nitrogens with two attached hydrogens (primary N) is 1. The Bertz CT molecular complexity index is 562. The summed E-state index contributed by atoms with van der Waals surface area (Å²) in [6.07, 6.45) is 3.51. The van der Waals surface area contributed by atoms with Crippen LogP contribution < -0.4 is 16.4 Å². The molecule has 2 aromatic carbocycles. The van der Waals surface area contributed by atoms with Crippen molar-refractivity contribution in [2.45, 2.75) is 13.1 Å². The number of hydrogen-bond donors (Lipinski definition) is 3. The van der Waals surface area contributed by atoms with Crippen LogP contribution >= 0.6 is 0 Å². The average molecular weight is 267 g/mol. The standard InChI is InChI=1S/C17H21N3/c1-19-17-8-7-16(15(11-17)9-10-18)13-20-12-14-5-3-2-4-6-14/h2-11,19-20H,12-13,18H2,1H3/b10-9-. The molecule has 0 aromatic heterocycles. The zero-order valence-corrected chi connectivity index (χ0v) is 11.8. The Morgan fingerprint density at radius 2 is 1.85 bits per heavy atom. The largest absolute Gasteiger partial charge is 0.405 e. The van der Waals surface area contributed by atoms with E-state index in [1.165, 1.54) is 11.1 Å². The van der Waals surface area contributed by atoms with Gasteiger partial charge in [0, 0.05) is 25.8 Å². The molecule has 0 fully saturated rings. The van der Waals surface area contributed by atoms with E-state index in [2.05, 4.69) is 53.1 Å². The lowest BCUT2D eigenvalue weighted by Crippen LogP contribution is -2.13. The molecule has 20 heavy (non-hydrogen) atoms. The van der Waals surface area contributed by atoms with Gasteiger partial charge in [-0.3, -0.25) is 0 Å². The van der Waals surface area contributed by atoms with Gasteiger partial charge in [0.15, 0.2) is 0 Å². The third kappa shape index (κ3) is 3.87. The van der Waals surface area contributed by atoms with Crippen LogP contribution in [-0.4, -0.2) is 7.05 Å². The van der Waals surface area contributed by atoms with Crippen molar-refractivity contribution < 1.29 is 0 Å². The maximum absolute atomic E-state index is 5.52. The van der Waals surface area contributed by atoms with Crippen LogP contribution in [0.1, 0.15) is 16.7 Å². The van der Waals surface area contributed by atoms with Crippen LogP contribution in [0.4, 0.5) is 5.69 Å². The second-order valence-corrected chi connectivity index (χ2v) is 4.61. The molecule has 0 saturated heterocycles. The topological polar surface area (TPSA) is 50.1 Å². The summed E-state index contributed by atoms with van der Waals surface area (Å²) in [5, 5.41) is 6.60. The van der Waals surface area contributed by atoms with E-state index < -0.39 is 0 Å². The van der Waals surface area contributed by atoms with Gasteiger partial charge >= 0.3 is 0 Å². The van der Waals surface area contributed by atoms with Crippen molar-refractivity contribution in [1.82, 2.24) is 5.32 Å². The second-order valence-electron chi connectivity index (χ2n) is 4.61. The smallest absolute Gasteiger partial charge is 0.0343 e. The SMILES string of the molecule is CNc1ccc(CNCc2ccccc2)c(/C=C\N)c1. The highest BCUT2D eigenvalue weighted by Gasteiger charge is 2.01. The highest BCUT2D eigenvalue weighted by atomic mass is 14.8. The summed E-state index contributed by atoms with van der Waals surface area (Å²) in [6, 6.07) is 16.7. The molecule has 104 valence electrons. The van der Waals surface area contributed by atoms with Crippen molar-refractivity contribution in [3.63, 3.8) is 0 Å². The molecule has 0 radical (unpaired) electrons. The van der Waals surface area contributed by atoms with E-state index in [9.17, 15) is 0 Å². The fourth-order valence-electron chi connectivity index (χ4n) is 2.11. The van der Waals surface area contributed by atoms with Gasteiger partial charge in [-0.25, -0.2) is 0 Å². The first-order valence-corrected chi connectivity index (χ1v) is 6.77. The van der Waals surface area contributed by atoms with Crippen LogP contribution in [0.5, 0.6) is 0 Å². The molecule has 0 aliphatic carbocycles. The first-order chi connectivity index (χ1) is 9.83. The molecule has 3 nitrogen and oxygen atoms in total. The van der Waals surface area contributed by atoms with Gasteiger partial charge in [-0.1, -0.05) is 36.4 Å². The third-order valence-electron chi connectivity index (χ3n) is 3.20. The number of rotatable bonds is 6. The van der Waals surface area contributed by atoms with Crippen LogP contribution in [0.2, 0.25) is 0 Å². The minimum Gasteiger partial charge on any atom is -0.405 e. The molecule has 0 amide bonds. The van der Waals surface area contributed by atoms with E-state index in [1.807, 2.05) is 19.2 Å². The molecule has 2 aromatic rings. The van der Waals surface area contributed by atoms with E-state index in [0.29, 0.717) is 0 Å². The van der Waals surface area contributed by atoms with E-state index in [1.54, 1.807) is 6.20 Å². The van der Waals surface area contributed by atoms with Crippen molar-refractivity contribution >= 4 is 11.8 Å². The summed E-state index contributed by atoms with van der Waals surface area (Å²) in [7, 11) is 1.92. The van der Waals surface area contributed by atoms with Gasteiger partial charge in [0.2, 0.25) is 0 Å². The fourth-order valence-corrected chi connectivity index (χ4v) is 2.11. The molecule has 4 N–H and O–H groups in total. The predicted molar refractivity (Wildman–Crippen MR) is 86.2 cm³/mol. The molecule has 0 saturated carbocycles. The lowest BCUT2D eigenvalue weighted by atomic mass is 10.1. The summed E-state index contributed by atoms with van der Waals surface area (Å²) in [4.78, 5) is 0. The lowest BCUT2D eigenvalue weighted by Gasteiger charge is -2.10. The minimum absolute atomic E-state index is 0.818. The Kier molecular flexibility index (Phi) is 5.21. The summed E-state index contributed by atoms with van der Waals surface area (Å²) in [5.74, 6) is 0. The average Bonchev–Trinajstić information content (AvgIpc) is 2.50. The monoisotopic (exact) mass is 267 g/mol. The van der Waals surface area contributed by atoms with Gasteiger partial charge in [0.25, 0.3) is 0 Å². The van der Waals surface area contributed by atoms with Crippen LogP contribution in [0, 0.1) is 0 Å². The van der Waals surface area contributed by atoms with Crippen LogP contribution in [0.25, 0.3) is 6.08 Å². The molecule has 0 bridgehead atoms. The zero-order valence-electron chi connectivity index (χ0n) is 11.8. The summed E-state index contributed by atoms with van der Waals surface area (Å²) in [5.41, 5.74) is 10.3. The number of benzene rings is 2. The molecular weight excluding hydrogens is 246 g/mol. The summed E-state index contributed by atoms with van der Waals surface area (Å²) in [6.45, 7) is 1.68. The Hall–Kier alpha value is -2.26. The highest BCUT2D eigenvalue weighted by molar-refractivity contribution is 5.60. The normalized spacial score (nSPS) is 10.8. The lowest BCUT2D eigenvalue weighted by molar-refractivity contribution is 0.693. The molecule has 0 atom stereocenters. The van der Waals surface area contributed by atoms with Crippen molar-refractivity contribution in [3.8, 4) is 0 Å². The van der Waals surface area contributed by atoms with Crippen molar-refractivity contribution in [2.75, 3.05) is 12.4 Å². The summed E-state index contributed by atoms with van der Waals surface area (Å²) < 4.78 is 0. The van der Waals surface area contributed by atoms with E-state index in [0.717, 1.165) is 24.3 Å². The van der Waals surface area contributed by atoms with E-state index in [-0.39, 0.29) is 0 Å². The third-order valence-corrected chi connectivity index (χ3v) is 3.20. The molecule has 3 heteroatoms. The van der Waals surface area contributed by atoms with Crippen LogP contribution in [-0.2, 0) is 13.1 Å². The Balaban J connectivity index is 2.01. The molecular formula is C17H21N3. The predicted octanol–water partition coefficient (Wildman–Crippen LogP) is 2.95. The van der Waals surface area contributed by atoms with Crippen molar-refractivity contribution in [3.05, 3.63) is 71.4 Å². The van der Waals surface area contributed by atoms with Crippen LogP contribution in [0.15, 0.2) is 54.7 Å². The van der Waals surface area contributed by atoms with Crippen molar-refractivity contribution in [1.29, 1.82) is 0 Å². The summed E-state index contributed by atoms with van der Waals surface area (Å²) >= 11 is 0. The minimum atomic E-state index is 0.818. The van der Waals surface area contributed by atoms with Crippen molar-refractivity contribution in [2.24, 2.45) is 5.73 Å². The van der Waals surface area contributed by atoms with E-state index in [4.69, 9.17) is 5.73 Å². The van der Waals surface area contributed by atoms with Gasteiger partial charge < -0.3 is 16.4 Å². The highest BCUT2D eigenvalue weighted by Crippen LogP contribution is 2.17. The maximum atomic E-state index is 5.52. The molecule has 0 heterocycles. The Morgan fingerprint density at radius 1 is 1.05 bits per heavy atom. The molecule has 0 spiro atoms. The molecule has 0 aliphatic rings. The fraction of sp³-hybridized carbons (Fsp3) is 0.176. The quantitative estimate of drug-likeness (QED) is 0.754. The number of hydrogen-bond acceptors (Lipinski definition) is 3. The van der Waals surface area contributed by atoms with Gasteiger partial charge in [-0.05, 0) is 41.1 Å². The van der Waals surface area contributed by atoms with Gasteiger partial charge in [-0.15, -0.1) is 0 Å². The maximum Gasteiger partial charge on any atom is 0.0343 e. The van der Waals surface area contributed by atoms with Crippen LogP contribution in [0.3, 0.4) is 0 Å². The van der Waals surface area contributed by atoms with E-state index >= 15 is 0 Å². The number of anilines is 1. The molecule has 0 aliphatic heterocycles.